The Morgan fingerprint density at radius 3 is 2.71 bits per heavy atom. The number of rotatable bonds is 6. The van der Waals surface area contributed by atoms with Crippen LogP contribution >= 0.6 is 11.8 Å². The second kappa shape index (κ2) is 7.48. The molecule has 2 N–H and O–H groups in total. The topological polar surface area (TPSA) is 88.9 Å². The van der Waals surface area contributed by atoms with E-state index in [0.29, 0.717) is 17.6 Å². The highest BCUT2D eigenvalue weighted by Crippen LogP contribution is 2.40. The van der Waals surface area contributed by atoms with Gasteiger partial charge in [-0.25, -0.2) is 14.5 Å². The zero-order valence-electron chi connectivity index (χ0n) is 13.4. The Morgan fingerprint density at radius 1 is 1.29 bits per heavy atom. The molecule has 0 aliphatic heterocycles. The van der Waals surface area contributed by atoms with E-state index in [-0.39, 0.29) is 11.7 Å². The van der Waals surface area contributed by atoms with Crippen molar-refractivity contribution in [1.29, 1.82) is 0 Å². The molecule has 126 valence electrons. The number of para-hydroxylation sites is 1. The maximum atomic E-state index is 11.8. The van der Waals surface area contributed by atoms with Gasteiger partial charge in [-0.05, 0) is 31.9 Å². The standard InChI is InChI=1S/C16H19N5O2S/c1-2-17-15(23)18-13(22)10-24-16-19-14(11-8-9-11)21(20-16)12-6-4-3-5-7-12/h3-7,11H,2,8-10H2,1H3,(H2,17,18,22,23). The van der Waals surface area contributed by atoms with Gasteiger partial charge in [0.2, 0.25) is 11.1 Å². The molecule has 1 heterocycles. The molecule has 2 aromatic rings. The molecule has 24 heavy (non-hydrogen) atoms. The minimum absolute atomic E-state index is 0.0973. The minimum Gasteiger partial charge on any atom is -0.338 e. The summed E-state index contributed by atoms with van der Waals surface area (Å²) in [6.07, 6.45) is 2.24. The summed E-state index contributed by atoms with van der Waals surface area (Å²) in [4.78, 5) is 27.6. The number of hydrogen-bond acceptors (Lipinski definition) is 5. The van der Waals surface area contributed by atoms with Crippen molar-refractivity contribution in [3.63, 3.8) is 0 Å². The Labute approximate surface area is 144 Å². The van der Waals surface area contributed by atoms with Gasteiger partial charge < -0.3 is 5.32 Å². The summed E-state index contributed by atoms with van der Waals surface area (Å²) in [5, 5.41) is 9.85. The molecule has 0 saturated heterocycles. The molecule has 1 aliphatic rings. The van der Waals surface area contributed by atoms with Crippen LogP contribution in [0, 0.1) is 0 Å². The molecule has 8 heteroatoms. The third-order valence-electron chi connectivity index (χ3n) is 3.48. The summed E-state index contributed by atoms with van der Waals surface area (Å²) >= 11 is 1.23. The quantitative estimate of drug-likeness (QED) is 0.783. The highest BCUT2D eigenvalue weighted by atomic mass is 32.2. The number of carbonyl (C=O) groups excluding carboxylic acids is 2. The van der Waals surface area contributed by atoms with Gasteiger partial charge in [-0.15, -0.1) is 5.10 Å². The predicted octanol–water partition coefficient (Wildman–Crippen LogP) is 2.08. The molecule has 0 radical (unpaired) electrons. The van der Waals surface area contributed by atoms with Crippen LogP contribution in [0.1, 0.15) is 31.5 Å². The average Bonchev–Trinajstić information content (AvgIpc) is 3.33. The van der Waals surface area contributed by atoms with E-state index in [0.717, 1.165) is 24.4 Å². The Balaban J connectivity index is 1.66. The Morgan fingerprint density at radius 2 is 2.04 bits per heavy atom. The van der Waals surface area contributed by atoms with E-state index < -0.39 is 6.03 Å². The van der Waals surface area contributed by atoms with E-state index >= 15 is 0 Å². The molecule has 0 spiro atoms. The third kappa shape index (κ3) is 4.14. The third-order valence-corrected chi connectivity index (χ3v) is 4.32. The van der Waals surface area contributed by atoms with Crippen LogP contribution < -0.4 is 10.6 Å². The van der Waals surface area contributed by atoms with Crippen LogP contribution in [0.15, 0.2) is 35.5 Å². The fraction of sp³-hybridized carbons (Fsp3) is 0.375. The lowest BCUT2D eigenvalue weighted by Gasteiger charge is -2.03. The van der Waals surface area contributed by atoms with Gasteiger partial charge in [0, 0.05) is 12.5 Å². The summed E-state index contributed by atoms with van der Waals surface area (Å²) in [6.45, 7) is 2.26. The number of amides is 3. The van der Waals surface area contributed by atoms with Crippen molar-refractivity contribution in [3.8, 4) is 5.69 Å². The molecular weight excluding hydrogens is 326 g/mol. The van der Waals surface area contributed by atoms with Crippen molar-refractivity contribution in [2.45, 2.75) is 30.8 Å². The fourth-order valence-corrected chi connectivity index (χ4v) is 2.86. The summed E-state index contributed by atoms with van der Waals surface area (Å²) < 4.78 is 1.85. The lowest BCUT2D eigenvalue weighted by Crippen LogP contribution is -2.40. The first kappa shape index (κ1) is 16.5. The minimum atomic E-state index is -0.482. The first-order valence-electron chi connectivity index (χ1n) is 7.90. The number of thioether (sulfide) groups is 1. The number of aromatic nitrogens is 3. The van der Waals surface area contributed by atoms with Crippen LogP contribution in [0.3, 0.4) is 0 Å². The fourth-order valence-electron chi connectivity index (χ4n) is 2.23. The first-order valence-corrected chi connectivity index (χ1v) is 8.88. The molecule has 0 unspecified atom stereocenters. The SMILES string of the molecule is CCNC(=O)NC(=O)CSc1nc(C2CC2)n(-c2ccccc2)n1. The zero-order chi connectivity index (χ0) is 16.9. The second-order valence-electron chi connectivity index (χ2n) is 5.47. The summed E-state index contributed by atoms with van der Waals surface area (Å²) in [5.41, 5.74) is 0.963. The maximum Gasteiger partial charge on any atom is 0.321 e. The predicted molar refractivity (Wildman–Crippen MR) is 91.3 cm³/mol. The largest absolute Gasteiger partial charge is 0.338 e. The van der Waals surface area contributed by atoms with Gasteiger partial charge in [0.25, 0.3) is 0 Å². The number of imide groups is 1. The van der Waals surface area contributed by atoms with Crippen molar-refractivity contribution in [3.05, 3.63) is 36.2 Å². The highest BCUT2D eigenvalue weighted by Gasteiger charge is 2.30. The van der Waals surface area contributed by atoms with Crippen LogP contribution in [0.2, 0.25) is 0 Å². The zero-order valence-corrected chi connectivity index (χ0v) is 14.2. The van der Waals surface area contributed by atoms with Crippen LogP contribution in [-0.4, -0.2) is 39.0 Å². The molecule has 0 atom stereocenters. The molecule has 1 aromatic carbocycles. The van der Waals surface area contributed by atoms with Gasteiger partial charge >= 0.3 is 6.03 Å². The molecule has 7 nitrogen and oxygen atoms in total. The van der Waals surface area contributed by atoms with E-state index in [4.69, 9.17) is 0 Å². The van der Waals surface area contributed by atoms with E-state index in [9.17, 15) is 9.59 Å². The van der Waals surface area contributed by atoms with Crippen LogP contribution in [0.5, 0.6) is 0 Å². The second-order valence-corrected chi connectivity index (χ2v) is 6.41. The number of hydrogen-bond donors (Lipinski definition) is 2. The van der Waals surface area contributed by atoms with Crippen LogP contribution in [0.4, 0.5) is 4.79 Å². The van der Waals surface area contributed by atoms with E-state index in [1.807, 2.05) is 35.0 Å². The number of urea groups is 1. The van der Waals surface area contributed by atoms with E-state index in [2.05, 4.69) is 20.7 Å². The lowest BCUT2D eigenvalue weighted by molar-refractivity contribution is -0.117. The van der Waals surface area contributed by atoms with Crippen LogP contribution in [-0.2, 0) is 4.79 Å². The van der Waals surface area contributed by atoms with Gasteiger partial charge in [-0.2, -0.15) is 0 Å². The number of nitrogens with zero attached hydrogens (tertiary/aromatic N) is 3. The van der Waals surface area contributed by atoms with Gasteiger partial charge in [0.05, 0.1) is 11.4 Å². The molecule has 1 aromatic heterocycles. The average molecular weight is 345 g/mol. The molecule has 3 amide bonds. The number of carbonyl (C=O) groups is 2. The Hall–Kier alpha value is -2.35. The molecule has 1 aliphatic carbocycles. The van der Waals surface area contributed by atoms with Gasteiger partial charge in [0.15, 0.2) is 0 Å². The maximum absolute atomic E-state index is 11.8. The van der Waals surface area contributed by atoms with Crippen molar-refractivity contribution in [1.82, 2.24) is 25.4 Å². The molecule has 1 saturated carbocycles. The summed E-state index contributed by atoms with van der Waals surface area (Å²) in [7, 11) is 0. The molecule has 3 rings (SSSR count). The Kier molecular flexibility index (Phi) is 5.14. The molecule has 0 bridgehead atoms. The molecular formula is C16H19N5O2S. The number of nitrogens with one attached hydrogen (secondary N) is 2. The van der Waals surface area contributed by atoms with Gasteiger partial charge in [-0.3, -0.25) is 10.1 Å². The van der Waals surface area contributed by atoms with Crippen molar-refractivity contribution in [2.24, 2.45) is 0 Å². The van der Waals surface area contributed by atoms with Crippen molar-refractivity contribution >= 4 is 23.7 Å². The number of benzene rings is 1. The van der Waals surface area contributed by atoms with Gasteiger partial charge in [-0.1, -0.05) is 30.0 Å². The smallest absolute Gasteiger partial charge is 0.321 e. The van der Waals surface area contributed by atoms with Crippen molar-refractivity contribution < 1.29 is 9.59 Å². The monoisotopic (exact) mass is 345 g/mol. The highest BCUT2D eigenvalue weighted by molar-refractivity contribution is 7.99. The summed E-state index contributed by atoms with van der Waals surface area (Å²) in [5.74, 6) is 1.11. The van der Waals surface area contributed by atoms with Crippen molar-refractivity contribution in [2.75, 3.05) is 12.3 Å². The van der Waals surface area contributed by atoms with E-state index in [1.165, 1.54) is 11.8 Å². The van der Waals surface area contributed by atoms with Crippen LogP contribution in [0.25, 0.3) is 5.69 Å². The normalized spacial score (nSPS) is 13.5. The van der Waals surface area contributed by atoms with Gasteiger partial charge in [0.1, 0.15) is 5.82 Å². The lowest BCUT2D eigenvalue weighted by atomic mass is 10.3. The Bertz CT molecular complexity index is 727. The molecule has 1 fully saturated rings. The van der Waals surface area contributed by atoms with E-state index in [1.54, 1.807) is 6.92 Å². The first-order chi connectivity index (χ1) is 11.7. The summed E-state index contributed by atoms with van der Waals surface area (Å²) in [6, 6.07) is 9.36.